The molecular weight excluding hydrogens is 256 g/mol. The molecule has 0 saturated heterocycles. The Labute approximate surface area is 118 Å². The molecule has 2 aromatic rings. The lowest BCUT2D eigenvalue weighted by molar-refractivity contribution is 0.454. The predicted molar refractivity (Wildman–Crippen MR) is 77.4 cm³/mol. The van der Waals surface area contributed by atoms with Gasteiger partial charge in [0.2, 0.25) is 0 Å². The van der Waals surface area contributed by atoms with Crippen molar-refractivity contribution in [2.75, 3.05) is 0 Å². The minimum atomic E-state index is -0.234. The number of benzene rings is 2. The Balaban J connectivity index is 2.11. The molecule has 0 bridgehead atoms. The number of rotatable bonds is 5. The van der Waals surface area contributed by atoms with Gasteiger partial charge in [-0.05, 0) is 48.7 Å². The Morgan fingerprint density at radius 3 is 2.25 bits per heavy atom. The van der Waals surface area contributed by atoms with Gasteiger partial charge in [0, 0.05) is 12.1 Å². The maximum absolute atomic E-state index is 13.2. The molecule has 106 valence electrons. The van der Waals surface area contributed by atoms with Gasteiger partial charge in [-0.1, -0.05) is 31.2 Å². The third-order valence-electron chi connectivity index (χ3n) is 3.48. The molecule has 0 radical (unpaired) electrons. The molecule has 1 nitrogen and oxygen atoms in total. The molecule has 2 atom stereocenters. The van der Waals surface area contributed by atoms with Gasteiger partial charge in [-0.3, -0.25) is 0 Å². The summed E-state index contributed by atoms with van der Waals surface area (Å²) in [6, 6.07) is 13.2. The van der Waals surface area contributed by atoms with Crippen LogP contribution in [0.15, 0.2) is 48.5 Å². The zero-order valence-corrected chi connectivity index (χ0v) is 11.7. The molecule has 0 spiro atoms. The summed E-state index contributed by atoms with van der Waals surface area (Å²) in [4.78, 5) is 0. The van der Waals surface area contributed by atoms with Crippen LogP contribution in [0, 0.1) is 11.6 Å². The van der Waals surface area contributed by atoms with Crippen molar-refractivity contribution in [2.24, 2.45) is 0 Å². The van der Waals surface area contributed by atoms with Crippen LogP contribution in [0.3, 0.4) is 0 Å². The number of halogens is 2. The highest BCUT2D eigenvalue weighted by Crippen LogP contribution is 2.22. The average molecular weight is 275 g/mol. The van der Waals surface area contributed by atoms with E-state index >= 15 is 0 Å². The number of nitrogens with one attached hydrogen (secondary N) is 1. The van der Waals surface area contributed by atoms with E-state index in [4.69, 9.17) is 0 Å². The molecule has 20 heavy (non-hydrogen) atoms. The molecule has 1 unspecified atom stereocenters. The SMILES string of the molecule is CCC(N[C@H](C)c1cccc(F)c1)c1ccc(F)cc1. The van der Waals surface area contributed by atoms with Crippen molar-refractivity contribution in [3.63, 3.8) is 0 Å². The smallest absolute Gasteiger partial charge is 0.123 e. The van der Waals surface area contributed by atoms with E-state index in [2.05, 4.69) is 12.2 Å². The van der Waals surface area contributed by atoms with Gasteiger partial charge in [0.1, 0.15) is 11.6 Å². The van der Waals surface area contributed by atoms with Crippen LogP contribution < -0.4 is 5.32 Å². The van der Waals surface area contributed by atoms with Gasteiger partial charge in [-0.2, -0.15) is 0 Å². The molecule has 0 fully saturated rings. The normalized spacial score (nSPS) is 14.0. The molecule has 0 heterocycles. The Bertz CT molecular complexity index is 551. The summed E-state index contributed by atoms with van der Waals surface area (Å²) in [5.74, 6) is -0.465. The molecule has 2 aromatic carbocycles. The third kappa shape index (κ3) is 3.64. The second-order valence-corrected chi connectivity index (χ2v) is 4.96. The van der Waals surface area contributed by atoms with E-state index < -0.39 is 0 Å². The molecule has 0 aliphatic carbocycles. The van der Waals surface area contributed by atoms with E-state index in [9.17, 15) is 8.78 Å². The Morgan fingerprint density at radius 2 is 1.65 bits per heavy atom. The fourth-order valence-corrected chi connectivity index (χ4v) is 2.32. The molecule has 0 aliphatic rings. The lowest BCUT2D eigenvalue weighted by Gasteiger charge is -2.23. The highest BCUT2D eigenvalue weighted by atomic mass is 19.1. The second-order valence-electron chi connectivity index (χ2n) is 4.96. The highest BCUT2D eigenvalue weighted by Gasteiger charge is 2.14. The summed E-state index contributed by atoms with van der Waals surface area (Å²) in [5.41, 5.74) is 1.95. The van der Waals surface area contributed by atoms with Gasteiger partial charge in [0.25, 0.3) is 0 Å². The van der Waals surface area contributed by atoms with E-state index in [1.165, 1.54) is 24.3 Å². The minimum Gasteiger partial charge on any atom is -0.303 e. The van der Waals surface area contributed by atoms with Crippen molar-refractivity contribution in [3.8, 4) is 0 Å². The highest BCUT2D eigenvalue weighted by molar-refractivity contribution is 5.23. The molecule has 0 aliphatic heterocycles. The maximum atomic E-state index is 13.2. The van der Waals surface area contributed by atoms with E-state index in [0.717, 1.165) is 17.5 Å². The quantitative estimate of drug-likeness (QED) is 0.829. The van der Waals surface area contributed by atoms with Gasteiger partial charge in [0.15, 0.2) is 0 Å². The maximum Gasteiger partial charge on any atom is 0.123 e. The monoisotopic (exact) mass is 275 g/mol. The van der Waals surface area contributed by atoms with Crippen LogP contribution in [0.4, 0.5) is 8.78 Å². The fourth-order valence-electron chi connectivity index (χ4n) is 2.32. The Hall–Kier alpha value is -1.74. The van der Waals surface area contributed by atoms with Crippen molar-refractivity contribution in [1.82, 2.24) is 5.32 Å². The molecule has 2 rings (SSSR count). The van der Waals surface area contributed by atoms with Gasteiger partial charge in [-0.25, -0.2) is 8.78 Å². The predicted octanol–water partition coefficient (Wildman–Crippen LogP) is 4.77. The Morgan fingerprint density at radius 1 is 0.950 bits per heavy atom. The van der Waals surface area contributed by atoms with Crippen LogP contribution in [-0.2, 0) is 0 Å². The minimum absolute atomic E-state index is 0.0284. The van der Waals surface area contributed by atoms with Gasteiger partial charge in [-0.15, -0.1) is 0 Å². The largest absolute Gasteiger partial charge is 0.303 e. The summed E-state index contributed by atoms with van der Waals surface area (Å²) in [6.45, 7) is 4.07. The first-order valence-corrected chi connectivity index (χ1v) is 6.87. The summed E-state index contributed by atoms with van der Waals surface area (Å²) in [6.07, 6.45) is 0.880. The van der Waals surface area contributed by atoms with Crippen molar-refractivity contribution in [1.29, 1.82) is 0 Å². The van der Waals surface area contributed by atoms with Gasteiger partial charge >= 0.3 is 0 Å². The summed E-state index contributed by atoms with van der Waals surface area (Å²) in [7, 11) is 0. The average Bonchev–Trinajstić information content (AvgIpc) is 2.45. The number of hydrogen-bond acceptors (Lipinski definition) is 1. The van der Waals surface area contributed by atoms with E-state index in [-0.39, 0.29) is 23.7 Å². The van der Waals surface area contributed by atoms with Crippen LogP contribution in [0.2, 0.25) is 0 Å². The Kier molecular flexibility index (Phi) is 4.85. The van der Waals surface area contributed by atoms with Crippen molar-refractivity contribution in [2.45, 2.75) is 32.4 Å². The van der Waals surface area contributed by atoms with E-state index in [0.29, 0.717) is 0 Å². The lowest BCUT2D eigenvalue weighted by atomic mass is 10.0. The molecule has 0 aromatic heterocycles. The second kappa shape index (κ2) is 6.62. The third-order valence-corrected chi connectivity index (χ3v) is 3.48. The van der Waals surface area contributed by atoms with Gasteiger partial charge in [0.05, 0.1) is 0 Å². The van der Waals surface area contributed by atoms with Gasteiger partial charge < -0.3 is 5.32 Å². The topological polar surface area (TPSA) is 12.0 Å². The molecule has 1 N–H and O–H groups in total. The lowest BCUT2D eigenvalue weighted by Crippen LogP contribution is -2.24. The van der Waals surface area contributed by atoms with E-state index in [1.807, 2.05) is 13.0 Å². The zero-order chi connectivity index (χ0) is 14.5. The number of hydrogen-bond donors (Lipinski definition) is 1. The molecule has 0 saturated carbocycles. The summed E-state index contributed by atoms with van der Waals surface area (Å²) >= 11 is 0. The molecule has 0 amide bonds. The fraction of sp³-hybridized carbons (Fsp3) is 0.294. The molecular formula is C17H19F2N. The van der Waals surface area contributed by atoms with Crippen molar-refractivity contribution >= 4 is 0 Å². The van der Waals surface area contributed by atoms with Crippen LogP contribution in [-0.4, -0.2) is 0 Å². The van der Waals surface area contributed by atoms with Crippen molar-refractivity contribution in [3.05, 3.63) is 71.3 Å². The van der Waals surface area contributed by atoms with E-state index in [1.54, 1.807) is 18.2 Å². The first-order valence-electron chi connectivity index (χ1n) is 6.87. The first-order chi connectivity index (χ1) is 9.60. The zero-order valence-electron chi connectivity index (χ0n) is 11.7. The standard InChI is InChI=1S/C17H19F2N/c1-3-17(13-7-9-15(18)10-8-13)20-12(2)14-5-4-6-16(19)11-14/h4-12,17,20H,3H2,1-2H3/t12-,17?/m1/s1. The van der Waals surface area contributed by atoms with Crippen LogP contribution in [0.1, 0.15) is 43.5 Å². The van der Waals surface area contributed by atoms with Crippen molar-refractivity contribution < 1.29 is 8.78 Å². The van der Waals surface area contributed by atoms with Crippen LogP contribution in [0.5, 0.6) is 0 Å². The summed E-state index contributed by atoms with van der Waals surface area (Å²) in [5, 5.41) is 3.46. The van der Waals surface area contributed by atoms with Crippen LogP contribution in [0.25, 0.3) is 0 Å². The summed E-state index contributed by atoms with van der Waals surface area (Å²) < 4.78 is 26.2. The molecule has 3 heteroatoms. The first kappa shape index (κ1) is 14.7. The van der Waals surface area contributed by atoms with Crippen LogP contribution >= 0.6 is 0 Å².